The van der Waals surface area contributed by atoms with Crippen LogP contribution < -0.4 is 9.80 Å². The van der Waals surface area contributed by atoms with Gasteiger partial charge in [0, 0.05) is 17.1 Å². The number of aromatic nitrogens is 1. The van der Waals surface area contributed by atoms with E-state index in [0.29, 0.717) is 22.5 Å². The first-order valence-electron chi connectivity index (χ1n) is 13.1. The number of hydrogen-bond acceptors (Lipinski definition) is 5. The number of para-hydroxylation sites is 1. The van der Waals surface area contributed by atoms with Gasteiger partial charge in [0.15, 0.2) is 0 Å². The largest absolute Gasteiger partial charge is 0.465 e. The predicted molar refractivity (Wildman–Crippen MR) is 157 cm³/mol. The molecule has 4 aromatic rings. The Kier molecular flexibility index (Phi) is 7.15. The van der Waals surface area contributed by atoms with Crippen LogP contribution in [0.1, 0.15) is 38.4 Å². The van der Waals surface area contributed by atoms with Gasteiger partial charge in [-0.1, -0.05) is 42.0 Å². The topological polar surface area (TPSA) is 88.9 Å². The first kappa shape index (κ1) is 27.3. The quantitative estimate of drug-likeness (QED) is 0.172. The summed E-state index contributed by atoms with van der Waals surface area (Å²) in [5.41, 5.74) is 5.73. The lowest BCUT2D eigenvalue weighted by molar-refractivity contribution is -0.121. The summed E-state index contributed by atoms with van der Waals surface area (Å²) in [6, 6.07) is 22.0. The normalized spacial score (nSPS) is 14.7. The monoisotopic (exact) mass is 547 g/mol. The molecular formula is C33H29N3O5. The molecule has 1 aliphatic heterocycles. The van der Waals surface area contributed by atoms with Gasteiger partial charge in [-0.2, -0.15) is 0 Å². The van der Waals surface area contributed by atoms with E-state index in [1.807, 2.05) is 44.4 Å². The first-order chi connectivity index (χ1) is 19.6. The van der Waals surface area contributed by atoms with Crippen molar-refractivity contribution in [2.75, 3.05) is 16.9 Å². The van der Waals surface area contributed by atoms with Crippen molar-refractivity contribution in [3.63, 3.8) is 0 Å². The van der Waals surface area contributed by atoms with Gasteiger partial charge >= 0.3 is 12.0 Å². The van der Waals surface area contributed by atoms with Crippen LogP contribution in [-0.4, -0.2) is 35.5 Å². The Morgan fingerprint density at radius 1 is 0.756 bits per heavy atom. The van der Waals surface area contributed by atoms with Crippen molar-refractivity contribution in [2.45, 2.75) is 27.7 Å². The van der Waals surface area contributed by atoms with Crippen LogP contribution in [0.3, 0.4) is 0 Å². The molecule has 5 rings (SSSR count). The molecule has 1 aliphatic rings. The summed E-state index contributed by atoms with van der Waals surface area (Å²) in [4.78, 5) is 55.6. The van der Waals surface area contributed by atoms with Crippen LogP contribution in [0.25, 0.3) is 11.8 Å². The third-order valence-electron chi connectivity index (χ3n) is 7.28. The van der Waals surface area contributed by atoms with Crippen LogP contribution in [0, 0.1) is 27.7 Å². The molecule has 4 amide bonds. The smallest absolute Gasteiger partial charge is 0.343 e. The van der Waals surface area contributed by atoms with Crippen molar-refractivity contribution < 1.29 is 23.9 Å². The third-order valence-corrected chi connectivity index (χ3v) is 7.28. The number of methoxy groups -OCH3 is 1. The number of esters is 1. The molecule has 0 aliphatic carbocycles. The van der Waals surface area contributed by atoms with Gasteiger partial charge in [-0.25, -0.2) is 19.4 Å². The third kappa shape index (κ3) is 4.74. The molecule has 206 valence electrons. The van der Waals surface area contributed by atoms with Gasteiger partial charge in [-0.15, -0.1) is 0 Å². The minimum Gasteiger partial charge on any atom is -0.465 e. The molecule has 3 aromatic carbocycles. The van der Waals surface area contributed by atoms with Crippen LogP contribution in [-0.2, 0) is 14.3 Å². The number of benzene rings is 3. The highest BCUT2D eigenvalue weighted by atomic mass is 16.5. The zero-order chi connectivity index (χ0) is 29.4. The van der Waals surface area contributed by atoms with E-state index in [-0.39, 0.29) is 5.57 Å². The van der Waals surface area contributed by atoms with Crippen molar-refractivity contribution in [1.82, 2.24) is 4.57 Å². The van der Waals surface area contributed by atoms with Gasteiger partial charge < -0.3 is 9.30 Å². The van der Waals surface area contributed by atoms with Crippen LogP contribution in [0.15, 0.2) is 84.4 Å². The molecule has 8 nitrogen and oxygen atoms in total. The number of anilines is 2. The summed E-state index contributed by atoms with van der Waals surface area (Å²) < 4.78 is 6.90. The van der Waals surface area contributed by atoms with E-state index in [4.69, 9.17) is 4.74 Å². The molecule has 2 heterocycles. The van der Waals surface area contributed by atoms with Crippen molar-refractivity contribution in [1.29, 1.82) is 0 Å². The SMILES string of the molecule is COC(=O)c1cccc(-n2c(C)cc(/C=C3\C(=O)N(c4ccccc4)C(=O)N(c4ccc(C)cc4)C3=O)c2C)c1C. The van der Waals surface area contributed by atoms with Crippen LogP contribution in [0.2, 0.25) is 0 Å². The van der Waals surface area contributed by atoms with Gasteiger partial charge in [-0.3, -0.25) is 9.59 Å². The molecule has 8 heteroatoms. The van der Waals surface area contributed by atoms with Crippen LogP contribution >= 0.6 is 0 Å². The van der Waals surface area contributed by atoms with Gasteiger partial charge in [0.25, 0.3) is 11.8 Å². The second-order valence-corrected chi connectivity index (χ2v) is 9.90. The number of nitrogens with zero attached hydrogens (tertiary/aromatic N) is 3. The van der Waals surface area contributed by atoms with Crippen LogP contribution in [0.4, 0.5) is 16.2 Å². The number of urea groups is 1. The second-order valence-electron chi connectivity index (χ2n) is 9.90. The summed E-state index contributed by atoms with van der Waals surface area (Å²) in [6.07, 6.45) is 1.53. The Labute approximate surface area is 238 Å². The molecule has 0 spiro atoms. The summed E-state index contributed by atoms with van der Waals surface area (Å²) in [5, 5.41) is 0. The van der Waals surface area contributed by atoms with Crippen molar-refractivity contribution in [3.05, 3.63) is 118 Å². The molecular weight excluding hydrogens is 518 g/mol. The fourth-order valence-corrected chi connectivity index (χ4v) is 5.11. The molecule has 0 radical (unpaired) electrons. The Bertz CT molecular complexity index is 1730. The fraction of sp³-hybridized carbons (Fsp3) is 0.152. The van der Waals surface area contributed by atoms with Crippen molar-refractivity contribution in [2.24, 2.45) is 0 Å². The number of imide groups is 2. The first-order valence-corrected chi connectivity index (χ1v) is 13.1. The highest BCUT2D eigenvalue weighted by Gasteiger charge is 2.43. The van der Waals surface area contributed by atoms with E-state index in [1.54, 1.807) is 66.7 Å². The van der Waals surface area contributed by atoms with Gasteiger partial charge in [0.05, 0.1) is 24.0 Å². The summed E-state index contributed by atoms with van der Waals surface area (Å²) in [5.74, 6) is -1.85. The lowest BCUT2D eigenvalue weighted by Gasteiger charge is -2.34. The van der Waals surface area contributed by atoms with Crippen LogP contribution in [0.5, 0.6) is 0 Å². The Balaban J connectivity index is 1.65. The van der Waals surface area contributed by atoms with E-state index >= 15 is 0 Å². The predicted octanol–water partition coefficient (Wildman–Crippen LogP) is 6.08. The molecule has 1 saturated heterocycles. The maximum Gasteiger partial charge on any atom is 0.343 e. The number of carbonyl (C=O) groups excluding carboxylic acids is 4. The molecule has 0 atom stereocenters. The molecule has 0 bridgehead atoms. The van der Waals surface area contributed by atoms with Crippen molar-refractivity contribution >= 4 is 41.3 Å². The number of carbonyl (C=O) groups is 4. The second kappa shape index (κ2) is 10.7. The lowest BCUT2D eigenvalue weighted by Crippen LogP contribution is -2.57. The Hall–Kier alpha value is -5.24. The minimum absolute atomic E-state index is 0.144. The summed E-state index contributed by atoms with van der Waals surface area (Å²) >= 11 is 0. The standard InChI is InChI=1S/C33H29N3O5/c1-20-14-16-26(17-15-20)36-31(38)28(30(37)35(33(36)40)25-10-7-6-8-11-25)19-24-18-21(2)34(23(24)4)29-13-9-12-27(22(29)3)32(39)41-5/h6-19H,1-5H3/b28-19+. The highest BCUT2D eigenvalue weighted by molar-refractivity contribution is 6.46. The molecule has 0 unspecified atom stereocenters. The zero-order valence-electron chi connectivity index (χ0n) is 23.5. The lowest BCUT2D eigenvalue weighted by atomic mass is 10.0. The average Bonchev–Trinajstić information content (AvgIpc) is 3.24. The van der Waals surface area contributed by atoms with E-state index in [0.717, 1.165) is 38.0 Å². The highest BCUT2D eigenvalue weighted by Crippen LogP contribution is 2.32. The molecule has 0 N–H and O–H groups in total. The summed E-state index contributed by atoms with van der Waals surface area (Å²) in [6.45, 7) is 7.53. The molecule has 1 aromatic heterocycles. The van der Waals surface area contributed by atoms with E-state index < -0.39 is 23.8 Å². The van der Waals surface area contributed by atoms with Gasteiger partial charge in [0.2, 0.25) is 0 Å². The van der Waals surface area contributed by atoms with E-state index in [1.165, 1.54) is 13.2 Å². The minimum atomic E-state index is -0.743. The number of hydrogen-bond donors (Lipinski definition) is 0. The molecule has 1 fully saturated rings. The maximum absolute atomic E-state index is 13.8. The number of aryl methyl sites for hydroxylation is 2. The average molecular weight is 548 g/mol. The maximum atomic E-state index is 13.8. The zero-order valence-corrected chi connectivity index (χ0v) is 23.5. The Morgan fingerprint density at radius 2 is 1.37 bits per heavy atom. The van der Waals surface area contributed by atoms with E-state index in [2.05, 4.69) is 0 Å². The van der Waals surface area contributed by atoms with Gasteiger partial charge in [-0.05, 0) is 87.4 Å². The number of ether oxygens (including phenoxy) is 1. The molecule has 41 heavy (non-hydrogen) atoms. The number of amides is 4. The van der Waals surface area contributed by atoms with Gasteiger partial charge in [0.1, 0.15) is 5.57 Å². The molecule has 0 saturated carbocycles. The van der Waals surface area contributed by atoms with E-state index in [9.17, 15) is 19.2 Å². The Morgan fingerprint density at radius 3 is 1.98 bits per heavy atom. The number of rotatable bonds is 5. The number of barbiturate groups is 1. The fourth-order valence-electron chi connectivity index (χ4n) is 5.11. The summed E-state index contributed by atoms with van der Waals surface area (Å²) in [7, 11) is 1.34. The van der Waals surface area contributed by atoms with Crippen molar-refractivity contribution in [3.8, 4) is 5.69 Å².